The molecule has 0 fully saturated rings. The number of nitriles is 1. The Balaban J connectivity index is 1.84. The molecule has 1 amide bonds. The molecule has 0 saturated carbocycles. The summed E-state index contributed by atoms with van der Waals surface area (Å²) in [6.07, 6.45) is -4.15. The van der Waals surface area contributed by atoms with Crippen molar-refractivity contribution in [2.45, 2.75) is 12.6 Å². The molecule has 0 aromatic heterocycles. The van der Waals surface area contributed by atoms with Gasteiger partial charge in [-0.15, -0.1) is 0 Å². The molecule has 0 radical (unpaired) electrons. The Kier molecular flexibility index (Phi) is 6.44. The van der Waals surface area contributed by atoms with E-state index in [0.29, 0.717) is 11.4 Å². The van der Waals surface area contributed by atoms with Crippen molar-refractivity contribution in [1.29, 1.82) is 5.26 Å². The van der Waals surface area contributed by atoms with Crippen molar-refractivity contribution in [3.05, 3.63) is 54.1 Å². The number of benzene rings is 2. The van der Waals surface area contributed by atoms with Gasteiger partial charge in [0.15, 0.2) is 13.2 Å². The summed E-state index contributed by atoms with van der Waals surface area (Å²) in [5.74, 6) is -0.0164. The summed E-state index contributed by atoms with van der Waals surface area (Å²) < 4.78 is 46.4. The molecule has 8 heteroatoms. The van der Waals surface area contributed by atoms with Crippen molar-refractivity contribution in [2.75, 3.05) is 18.5 Å². The zero-order valence-corrected chi connectivity index (χ0v) is 13.5. The fraction of sp³-hybridized carbons (Fsp3) is 0.222. The van der Waals surface area contributed by atoms with Gasteiger partial charge in [-0.3, -0.25) is 4.79 Å². The van der Waals surface area contributed by atoms with E-state index in [4.69, 9.17) is 10.00 Å². The summed E-state index contributed by atoms with van der Waals surface area (Å²) in [4.78, 5) is 11.9. The van der Waals surface area contributed by atoms with Gasteiger partial charge in [0.2, 0.25) is 0 Å². The Bertz CT molecular complexity index is 784. The molecule has 0 spiro atoms. The normalized spacial score (nSPS) is 10.7. The van der Waals surface area contributed by atoms with Crippen molar-refractivity contribution in [3.63, 3.8) is 0 Å². The number of alkyl halides is 3. The molecule has 136 valence electrons. The first-order valence-corrected chi connectivity index (χ1v) is 7.54. The van der Waals surface area contributed by atoms with E-state index in [-0.39, 0.29) is 18.8 Å². The average molecular weight is 364 g/mol. The van der Waals surface area contributed by atoms with E-state index in [1.54, 1.807) is 24.3 Å². The summed E-state index contributed by atoms with van der Waals surface area (Å²) >= 11 is 0. The molecule has 2 rings (SSSR count). The highest BCUT2D eigenvalue weighted by atomic mass is 19.4. The third-order valence-corrected chi connectivity index (χ3v) is 3.10. The van der Waals surface area contributed by atoms with Crippen LogP contribution in [-0.4, -0.2) is 25.3 Å². The monoisotopic (exact) mass is 364 g/mol. The lowest BCUT2D eigenvalue weighted by atomic mass is 10.2. The molecule has 0 aliphatic rings. The second-order valence-electron chi connectivity index (χ2n) is 5.25. The highest BCUT2D eigenvalue weighted by Gasteiger charge is 2.28. The number of carbonyl (C=O) groups is 1. The molecule has 0 aliphatic heterocycles. The molecule has 0 saturated heterocycles. The standard InChI is InChI=1S/C18H15F3N2O3/c19-18(20,21)12-26-16-3-1-2-14(10-16)23-17(24)11-25-15-6-4-13(5-7-15)8-9-22/h1-7,10H,8,11-12H2,(H,23,24). The maximum atomic E-state index is 12.2. The van der Waals surface area contributed by atoms with Crippen LogP contribution in [0.1, 0.15) is 5.56 Å². The van der Waals surface area contributed by atoms with Crippen LogP contribution >= 0.6 is 0 Å². The fourth-order valence-corrected chi connectivity index (χ4v) is 1.97. The van der Waals surface area contributed by atoms with Crippen LogP contribution in [0.5, 0.6) is 11.5 Å². The van der Waals surface area contributed by atoms with Crippen LogP contribution < -0.4 is 14.8 Å². The number of carbonyl (C=O) groups excluding carboxylic acids is 1. The van der Waals surface area contributed by atoms with Crippen LogP contribution in [0, 0.1) is 11.3 Å². The lowest BCUT2D eigenvalue weighted by Crippen LogP contribution is -2.21. The molecule has 26 heavy (non-hydrogen) atoms. The van der Waals surface area contributed by atoms with Gasteiger partial charge in [0, 0.05) is 11.8 Å². The number of amides is 1. The van der Waals surface area contributed by atoms with Gasteiger partial charge in [0.25, 0.3) is 5.91 Å². The maximum absolute atomic E-state index is 12.2. The quantitative estimate of drug-likeness (QED) is 0.813. The van der Waals surface area contributed by atoms with Crippen molar-refractivity contribution in [2.24, 2.45) is 0 Å². The molecule has 5 nitrogen and oxygen atoms in total. The summed E-state index contributed by atoms with van der Waals surface area (Å²) in [7, 11) is 0. The topological polar surface area (TPSA) is 71.3 Å². The van der Waals surface area contributed by atoms with E-state index in [1.807, 2.05) is 6.07 Å². The van der Waals surface area contributed by atoms with E-state index >= 15 is 0 Å². The van der Waals surface area contributed by atoms with Crippen LogP contribution in [0.25, 0.3) is 0 Å². The Morgan fingerprint density at radius 1 is 1.08 bits per heavy atom. The third-order valence-electron chi connectivity index (χ3n) is 3.10. The van der Waals surface area contributed by atoms with Gasteiger partial charge in [-0.25, -0.2) is 0 Å². The number of rotatable bonds is 7. The minimum absolute atomic E-state index is 0.00544. The number of anilines is 1. The predicted molar refractivity (Wildman–Crippen MR) is 87.9 cm³/mol. The molecule has 0 bridgehead atoms. The minimum Gasteiger partial charge on any atom is -0.484 e. The SMILES string of the molecule is N#CCc1ccc(OCC(=O)Nc2cccc(OCC(F)(F)F)c2)cc1. The first-order valence-electron chi connectivity index (χ1n) is 7.54. The highest BCUT2D eigenvalue weighted by molar-refractivity contribution is 5.92. The first-order chi connectivity index (χ1) is 12.4. The third kappa shape index (κ3) is 6.73. The van der Waals surface area contributed by atoms with Crippen molar-refractivity contribution in [3.8, 4) is 17.6 Å². The molecule has 0 heterocycles. The van der Waals surface area contributed by atoms with Crippen molar-refractivity contribution in [1.82, 2.24) is 0 Å². The largest absolute Gasteiger partial charge is 0.484 e. The van der Waals surface area contributed by atoms with E-state index in [9.17, 15) is 18.0 Å². The minimum atomic E-state index is -4.43. The van der Waals surface area contributed by atoms with Crippen molar-refractivity contribution < 1.29 is 27.4 Å². The van der Waals surface area contributed by atoms with Gasteiger partial charge in [0.1, 0.15) is 11.5 Å². The zero-order valence-electron chi connectivity index (χ0n) is 13.5. The summed E-state index contributed by atoms with van der Waals surface area (Å²) in [5, 5.41) is 11.1. The molecule has 1 N–H and O–H groups in total. The van der Waals surface area contributed by atoms with Crippen LogP contribution in [0.2, 0.25) is 0 Å². The number of hydrogen-bond donors (Lipinski definition) is 1. The number of hydrogen-bond acceptors (Lipinski definition) is 4. The van der Waals surface area contributed by atoms with E-state index in [2.05, 4.69) is 10.1 Å². The van der Waals surface area contributed by atoms with Gasteiger partial charge in [-0.1, -0.05) is 18.2 Å². The second kappa shape index (κ2) is 8.76. The molecule has 0 unspecified atom stereocenters. The van der Waals surface area contributed by atoms with Crippen LogP contribution in [0.4, 0.5) is 18.9 Å². The number of ether oxygens (including phenoxy) is 2. The zero-order chi connectivity index (χ0) is 19.0. The lowest BCUT2D eigenvalue weighted by Gasteiger charge is -2.11. The van der Waals surface area contributed by atoms with Crippen LogP contribution in [-0.2, 0) is 11.2 Å². The van der Waals surface area contributed by atoms with Gasteiger partial charge in [-0.2, -0.15) is 18.4 Å². The fourth-order valence-electron chi connectivity index (χ4n) is 1.97. The molecule has 2 aromatic carbocycles. The summed E-state index contributed by atoms with van der Waals surface area (Å²) in [6.45, 7) is -1.68. The van der Waals surface area contributed by atoms with E-state index < -0.39 is 18.7 Å². The molecule has 0 aliphatic carbocycles. The number of halogens is 3. The first kappa shape index (κ1) is 19.1. The Hall–Kier alpha value is -3.21. The number of nitrogens with one attached hydrogen (secondary N) is 1. The Morgan fingerprint density at radius 3 is 2.46 bits per heavy atom. The Labute approximate surface area is 148 Å². The molecule has 0 atom stereocenters. The van der Waals surface area contributed by atoms with Crippen LogP contribution in [0.3, 0.4) is 0 Å². The van der Waals surface area contributed by atoms with Gasteiger partial charge in [-0.05, 0) is 29.8 Å². The summed E-state index contributed by atoms with van der Waals surface area (Å²) in [5.41, 5.74) is 1.13. The predicted octanol–water partition coefficient (Wildman–Crippen LogP) is 3.71. The molecular weight excluding hydrogens is 349 g/mol. The van der Waals surface area contributed by atoms with E-state index in [0.717, 1.165) is 5.56 Å². The van der Waals surface area contributed by atoms with E-state index in [1.165, 1.54) is 24.3 Å². The maximum Gasteiger partial charge on any atom is 0.422 e. The van der Waals surface area contributed by atoms with Gasteiger partial charge in [0.05, 0.1) is 12.5 Å². The number of nitrogens with zero attached hydrogens (tertiary/aromatic N) is 1. The molecule has 2 aromatic rings. The second-order valence-corrected chi connectivity index (χ2v) is 5.25. The highest BCUT2D eigenvalue weighted by Crippen LogP contribution is 2.21. The average Bonchev–Trinajstić information content (AvgIpc) is 2.59. The van der Waals surface area contributed by atoms with Crippen LogP contribution in [0.15, 0.2) is 48.5 Å². The van der Waals surface area contributed by atoms with Crippen molar-refractivity contribution >= 4 is 11.6 Å². The molecular formula is C18H15F3N2O3. The lowest BCUT2D eigenvalue weighted by molar-refractivity contribution is -0.153. The summed E-state index contributed by atoms with van der Waals surface area (Å²) in [6, 6.07) is 14.4. The van der Waals surface area contributed by atoms with Gasteiger partial charge < -0.3 is 14.8 Å². The van der Waals surface area contributed by atoms with Gasteiger partial charge >= 0.3 is 6.18 Å². The Morgan fingerprint density at radius 2 is 1.81 bits per heavy atom. The smallest absolute Gasteiger partial charge is 0.422 e.